The summed E-state index contributed by atoms with van der Waals surface area (Å²) in [6, 6.07) is 15.4. The van der Waals surface area contributed by atoms with Gasteiger partial charge in [0.1, 0.15) is 0 Å². The summed E-state index contributed by atoms with van der Waals surface area (Å²) in [7, 11) is 0. The van der Waals surface area contributed by atoms with Crippen molar-refractivity contribution in [3.05, 3.63) is 65.2 Å². The van der Waals surface area contributed by atoms with Crippen molar-refractivity contribution in [1.82, 2.24) is 4.90 Å². The number of amides is 2. The topological polar surface area (TPSA) is 53.9 Å². The third kappa shape index (κ3) is 4.85. The van der Waals surface area contributed by atoms with Crippen molar-refractivity contribution < 1.29 is 14.5 Å². The zero-order valence-electron chi connectivity index (χ0n) is 17.9. The molecular formula is C24H32N3O2+. The van der Waals surface area contributed by atoms with Gasteiger partial charge >= 0.3 is 0 Å². The first-order valence-electron chi connectivity index (χ1n) is 10.5. The average Bonchev–Trinajstić information content (AvgIpc) is 2.74. The minimum Gasteiger partial charge on any atom is -0.327 e. The summed E-state index contributed by atoms with van der Waals surface area (Å²) in [5.41, 5.74) is 3.92. The molecule has 0 unspecified atom stereocenters. The molecule has 0 spiro atoms. The highest BCUT2D eigenvalue weighted by Crippen LogP contribution is 2.27. The number of carbonyl (C=O) groups is 2. The SMILES string of the molecule is Cc1cccc(C(C)C)c1NC(=O)[C@@H](C)[NH+]1CCN(C(=O)c2ccccc2)CC1. The number of benzene rings is 2. The molecule has 0 saturated carbocycles. The monoisotopic (exact) mass is 394 g/mol. The number of rotatable bonds is 5. The molecule has 1 atom stereocenters. The molecule has 2 amide bonds. The molecule has 0 bridgehead atoms. The second kappa shape index (κ2) is 9.23. The fraction of sp³-hybridized carbons (Fsp3) is 0.417. The Morgan fingerprint density at radius 3 is 2.24 bits per heavy atom. The summed E-state index contributed by atoms with van der Waals surface area (Å²) in [6.07, 6.45) is 0. The Morgan fingerprint density at radius 1 is 0.966 bits per heavy atom. The normalized spacial score (nSPS) is 16.0. The number of anilines is 1. The van der Waals surface area contributed by atoms with Gasteiger partial charge in [-0.2, -0.15) is 0 Å². The van der Waals surface area contributed by atoms with E-state index in [9.17, 15) is 9.59 Å². The molecule has 1 aliphatic heterocycles. The number of nitrogens with zero attached hydrogens (tertiary/aromatic N) is 1. The van der Waals surface area contributed by atoms with Crippen LogP contribution in [0.15, 0.2) is 48.5 Å². The highest BCUT2D eigenvalue weighted by atomic mass is 16.2. The molecule has 0 aromatic heterocycles. The molecule has 5 heteroatoms. The van der Waals surface area contributed by atoms with Crippen molar-refractivity contribution >= 4 is 17.5 Å². The van der Waals surface area contributed by atoms with Crippen molar-refractivity contribution in [2.45, 2.75) is 39.7 Å². The zero-order chi connectivity index (χ0) is 21.0. The minimum atomic E-state index is -0.163. The van der Waals surface area contributed by atoms with E-state index in [1.807, 2.05) is 61.2 Å². The quantitative estimate of drug-likeness (QED) is 0.819. The fourth-order valence-corrected chi connectivity index (χ4v) is 3.95. The van der Waals surface area contributed by atoms with Crippen LogP contribution in [0.5, 0.6) is 0 Å². The van der Waals surface area contributed by atoms with Gasteiger partial charge in [0.15, 0.2) is 6.04 Å². The molecular weight excluding hydrogens is 362 g/mol. The van der Waals surface area contributed by atoms with Crippen LogP contribution in [0.2, 0.25) is 0 Å². The highest BCUT2D eigenvalue weighted by Gasteiger charge is 2.31. The number of quaternary nitrogens is 1. The minimum absolute atomic E-state index is 0.0408. The number of aryl methyl sites for hydroxylation is 1. The largest absolute Gasteiger partial charge is 0.327 e. The lowest BCUT2D eigenvalue weighted by atomic mass is 9.98. The van der Waals surface area contributed by atoms with Gasteiger partial charge in [0, 0.05) is 11.3 Å². The first-order valence-corrected chi connectivity index (χ1v) is 10.5. The molecule has 5 nitrogen and oxygen atoms in total. The Hall–Kier alpha value is -2.66. The van der Waals surface area contributed by atoms with E-state index in [4.69, 9.17) is 0 Å². The molecule has 3 rings (SSSR count). The van der Waals surface area contributed by atoms with Crippen LogP contribution in [0.1, 0.15) is 48.2 Å². The summed E-state index contributed by atoms with van der Waals surface area (Å²) in [5.74, 6) is 0.461. The Morgan fingerprint density at radius 2 is 1.62 bits per heavy atom. The predicted octanol–water partition coefficient (Wildman–Crippen LogP) is 2.49. The van der Waals surface area contributed by atoms with Crippen molar-refractivity contribution in [3.8, 4) is 0 Å². The summed E-state index contributed by atoms with van der Waals surface area (Å²) in [5, 5.41) is 3.18. The van der Waals surface area contributed by atoms with Crippen molar-refractivity contribution in [2.24, 2.45) is 0 Å². The van der Waals surface area contributed by atoms with Gasteiger partial charge < -0.3 is 15.1 Å². The predicted molar refractivity (Wildman–Crippen MR) is 116 cm³/mol. The van der Waals surface area contributed by atoms with E-state index in [0.717, 1.165) is 29.9 Å². The van der Waals surface area contributed by atoms with E-state index in [-0.39, 0.29) is 17.9 Å². The molecule has 154 valence electrons. The van der Waals surface area contributed by atoms with Gasteiger partial charge in [0.2, 0.25) is 0 Å². The summed E-state index contributed by atoms with van der Waals surface area (Å²) < 4.78 is 0. The maximum Gasteiger partial charge on any atom is 0.282 e. The number of nitrogens with one attached hydrogen (secondary N) is 2. The van der Waals surface area contributed by atoms with Gasteiger partial charge in [0.05, 0.1) is 26.2 Å². The second-order valence-electron chi connectivity index (χ2n) is 8.22. The molecule has 29 heavy (non-hydrogen) atoms. The Kier molecular flexibility index (Phi) is 6.70. The lowest BCUT2D eigenvalue weighted by Gasteiger charge is -2.35. The smallest absolute Gasteiger partial charge is 0.282 e. The van der Waals surface area contributed by atoms with Gasteiger partial charge in [-0.3, -0.25) is 9.59 Å². The standard InChI is InChI=1S/C24H31N3O2/c1-17(2)21-12-8-9-18(3)22(21)25-23(28)19(4)26-13-15-27(16-14-26)24(29)20-10-6-5-7-11-20/h5-12,17,19H,13-16H2,1-4H3,(H,25,28)/p+1/t19-/m1/s1. The Balaban J connectivity index is 1.60. The number of hydrogen-bond donors (Lipinski definition) is 2. The molecule has 2 aromatic rings. The van der Waals surface area contributed by atoms with E-state index in [1.165, 1.54) is 10.5 Å². The van der Waals surface area contributed by atoms with Gasteiger partial charge in [0.25, 0.3) is 11.8 Å². The number of carbonyl (C=O) groups excluding carboxylic acids is 2. The lowest BCUT2D eigenvalue weighted by Crippen LogP contribution is -3.19. The van der Waals surface area contributed by atoms with Crippen LogP contribution >= 0.6 is 0 Å². The first-order chi connectivity index (χ1) is 13.9. The Labute approximate surface area is 173 Å². The summed E-state index contributed by atoms with van der Waals surface area (Å²) in [4.78, 5) is 28.7. The second-order valence-corrected chi connectivity index (χ2v) is 8.22. The zero-order valence-corrected chi connectivity index (χ0v) is 17.9. The van der Waals surface area contributed by atoms with Crippen LogP contribution in [0, 0.1) is 6.92 Å². The van der Waals surface area contributed by atoms with E-state index in [1.54, 1.807) is 0 Å². The van der Waals surface area contributed by atoms with Crippen molar-refractivity contribution in [2.75, 3.05) is 31.5 Å². The number of piperazine rings is 1. The highest BCUT2D eigenvalue weighted by molar-refractivity contribution is 5.95. The average molecular weight is 395 g/mol. The Bertz CT molecular complexity index is 856. The van der Waals surface area contributed by atoms with E-state index < -0.39 is 0 Å². The van der Waals surface area contributed by atoms with E-state index in [0.29, 0.717) is 19.0 Å². The van der Waals surface area contributed by atoms with E-state index >= 15 is 0 Å². The van der Waals surface area contributed by atoms with Crippen molar-refractivity contribution in [3.63, 3.8) is 0 Å². The molecule has 1 heterocycles. The summed E-state index contributed by atoms with van der Waals surface area (Å²) in [6.45, 7) is 11.2. The molecule has 2 aromatic carbocycles. The molecule has 1 saturated heterocycles. The lowest BCUT2D eigenvalue weighted by molar-refractivity contribution is -0.917. The van der Waals surface area contributed by atoms with Gasteiger partial charge in [-0.1, -0.05) is 50.2 Å². The maximum absolute atomic E-state index is 13.0. The van der Waals surface area contributed by atoms with Crippen LogP contribution in [0.4, 0.5) is 5.69 Å². The van der Waals surface area contributed by atoms with Crippen molar-refractivity contribution in [1.29, 1.82) is 0 Å². The van der Waals surface area contributed by atoms with Crippen LogP contribution in [0.3, 0.4) is 0 Å². The van der Waals surface area contributed by atoms with Crippen LogP contribution in [-0.2, 0) is 4.79 Å². The van der Waals surface area contributed by atoms with Crippen LogP contribution in [-0.4, -0.2) is 48.9 Å². The molecule has 2 N–H and O–H groups in total. The van der Waals surface area contributed by atoms with Gasteiger partial charge in [-0.25, -0.2) is 0 Å². The third-order valence-corrected chi connectivity index (χ3v) is 5.89. The summed E-state index contributed by atoms with van der Waals surface area (Å²) >= 11 is 0. The fourth-order valence-electron chi connectivity index (χ4n) is 3.95. The number of hydrogen-bond acceptors (Lipinski definition) is 2. The van der Waals surface area contributed by atoms with Crippen LogP contribution < -0.4 is 10.2 Å². The molecule has 0 radical (unpaired) electrons. The third-order valence-electron chi connectivity index (χ3n) is 5.89. The van der Waals surface area contributed by atoms with E-state index in [2.05, 4.69) is 25.2 Å². The molecule has 1 aliphatic rings. The first kappa shape index (κ1) is 21.1. The van der Waals surface area contributed by atoms with Gasteiger partial charge in [-0.05, 0) is 43.0 Å². The maximum atomic E-state index is 13.0. The van der Waals surface area contributed by atoms with Gasteiger partial charge in [-0.15, -0.1) is 0 Å². The van der Waals surface area contributed by atoms with Crippen LogP contribution in [0.25, 0.3) is 0 Å². The molecule has 1 fully saturated rings. The number of para-hydroxylation sites is 1. The molecule has 0 aliphatic carbocycles.